The Kier molecular flexibility index (Phi) is 8.10. The van der Waals surface area contributed by atoms with E-state index in [1.165, 1.54) is 0 Å². The van der Waals surface area contributed by atoms with Gasteiger partial charge < -0.3 is 20.3 Å². The van der Waals surface area contributed by atoms with Crippen LogP contribution in [0.1, 0.15) is 19.8 Å². The first kappa shape index (κ1) is 16.3. The first-order chi connectivity index (χ1) is 7.92. The summed E-state index contributed by atoms with van der Waals surface area (Å²) in [4.78, 5) is 19.3. The highest BCUT2D eigenvalue weighted by atomic mass is 17.2. The maximum absolute atomic E-state index is 11.0. The van der Waals surface area contributed by atoms with Gasteiger partial charge in [-0.1, -0.05) is 6.92 Å². The summed E-state index contributed by atoms with van der Waals surface area (Å²) < 4.78 is 0. The molecule has 0 heterocycles. The van der Waals surface area contributed by atoms with Gasteiger partial charge in [0.15, 0.2) is 0 Å². The van der Waals surface area contributed by atoms with E-state index in [0.29, 0.717) is 0 Å². The van der Waals surface area contributed by atoms with Crippen LogP contribution >= 0.6 is 0 Å². The lowest BCUT2D eigenvalue weighted by molar-refractivity contribution is -0.256. The van der Waals surface area contributed by atoms with Crippen molar-refractivity contribution in [1.82, 2.24) is 0 Å². The molecule has 0 aromatic carbocycles. The average molecular weight is 250 g/mol. The van der Waals surface area contributed by atoms with Gasteiger partial charge in [0.05, 0.1) is 19.6 Å². The van der Waals surface area contributed by atoms with Gasteiger partial charge in [-0.15, -0.1) is 0 Å². The van der Waals surface area contributed by atoms with Gasteiger partial charge in [-0.05, 0) is 12.2 Å². The zero-order valence-corrected chi connectivity index (χ0v) is 9.94. The van der Waals surface area contributed by atoms with E-state index in [1.807, 2.05) is 0 Å². The number of carbonyl (C=O) groups is 1. The van der Waals surface area contributed by atoms with Crippen molar-refractivity contribution in [3.05, 3.63) is 0 Å². The lowest BCUT2D eigenvalue weighted by atomic mass is 9.69. The topological polar surface area (TPSA) is 116 Å². The Bertz CT molecular complexity index is 223. The summed E-state index contributed by atoms with van der Waals surface area (Å²) in [5.74, 6) is -1.90. The van der Waals surface area contributed by atoms with Crippen molar-refractivity contribution in [3.63, 3.8) is 0 Å². The van der Waals surface area contributed by atoms with Crippen molar-refractivity contribution < 1.29 is 34.8 Å². The van der Waals surface area contributed by atoms with E-state index in [0.717, 1.165) is 7.11 Å². The molecule has 0 aromatic heterocycles. The Morgan fingerprint density at radius 1 is 1.41 bits per heavy atom. The van der Waals surface area contributed by atoms with Crippen molar-refractivity contribution in [3.8, 4) is 0 Å². The molecule has 0 aliphatic carbocycles. The predicted octanol–water partition coefficient (Wildman–Crippen LogP) is -1.30. The maximum Gasteiger partial charge on any atom is 0.454 e. The molecule has 17 heavy (non-hydrogen) atoms. The molecule has 0 aromatic rings. The van der Waals surface area contributed by atoms with Gasteiger partial charge >= 0.3 is 13.1 Å². The Morgan fingerprint density at radius 3 is 2.41 bits per heavy atom. The van der Waals surface area contributed by atoms with Gasteiger partial charge in [-0.3, -0.25) is 4.89 Å². The van der Waals surface area contributed by atoms with Crippen molar-refractivity contribution in [2.45, 2.75) is 31.7 Å². The minimum atomic E-state index is -1.53. The van der Waals surface area contributed by atoms with E-state index in [1.54, 1.807) is 6.92 Å². The van der Waals surface area contributed by atoms with Crippen LogP contribution in [0.5, 0.6) is 0 Å². The van der Waals surface area contributed by atoms with Crippen molar-refractivity contribution in [2.24, 2.45) is 5.92 Å². The van der Waals surface area contributed by atoms with Crippen molar-refractivity contribution >= 4 is 13.1 Å². The normalized spacial score (nSPS) is 16.1. The van der Waals surface area contributed by atoms with Gasteiger partial charge in [0.1, 0.15) is 0 Å². The molecule has 0 fully saturated rings. The average Bonchev–Trinajstić information content (AvgIpc) is 2.25. The summed E-state index contributed by atoms with van der Waals surface area (Å²) in [6.45, 7) is 1.20. The number of hydrogen-bond donors (Lipinski definition) is 4. The number of rotatable bonds is 8. The summed E-state index contributed by atoms with van der Waals surface area (Å²) in [5.41, 5.74) is 0. The molecule has 100 valence electrons. The molecule has 7 nitrogen and oxygen atoms in total. The van der Waals surface area contributed by atoms with Crippen LogP contribution in [0.4, 0.5) is 0 Å². The third kappa shape index (κ3) is 6.59. The molecule has 0 radical (unpaired) electrons. The van der Waals surface area contributed by atoms with Crippen LogP contribution < -0.4 is 0 Å². The number of aliphatic hydroxyl groups excluding tert-OH is 2. The molecule has 0 aliphatic rings. The van der Waals surface area contributed by atoms with Gasteiger partial charge in [0.2, 0.25) is 0 Å². The van der Waals surface area contributed by atoms with Crippen LogP contribution in [0.15, 0.2) is 0 Å². The van der Waals surface area contributed by atoms with Crippen LogP contribution in [0.2, 0.25) is 5.82 Å². The highest BCUT2D eigenvalue weighted by molar-refractivity contribution is 6.42. The summed E-state index contributed by atoms with van der Waals surface area (Å²) in [5, 5.41) is 36.5. The van der Waals surface area contributed by atoms with Crippen LogP contribution in [0, 0.1) is 5.92 Å². The summed E-state index contributed by atoms with van der Waals surface area (Å²) >= 11 is 0. The molecular weight excluding hydrogens is 231 g/mol. The van der Waals surface area contributed by atoms with Gasteiger partial charge in [-0.25, -0.2) is 4.79 Å². The Labute approximate surface area is 100 Å². The first-order valence-corrected chi connectivity index (χ1v) is 5.30. The van der Waals surface area contributed by atoms with Crippen molar-refractivity contribution in [2.75, 3.05) is 13.7 Å². The standard InChI is InChI=1S/C9H19BO7/c1-6(10(14)15)3-7(5-11)8(12)4-9(13)17-16-2/h6-8,11-12,14-15H,3-5H2,1-2H3. The van der Waals surface area contributed by atoms with Crippen LogP contribution in [0.3, 0.4) is 0 Å². The van der Waals surface area contributed by atoms with Gasteiger partial charge in [-0.2, -0.15) is 4.89 Å². The van der Waals surface area contributed by atoms with E-state index >= 15 is 0 Å². The molecular formula is C9H19BO7. The Hall–Kier alpha value is -0.665. The fraction of sp³-hybridized carbons (Fsp3) is 0.889. The van der Waals surface area contributed by atoms with Gasteiger partial charge in [0, 0.05) is 12.5 Å². The molecule has 0 saturated carbocycles. The molecule has 4 N–H and O–H groups in total. The van der Waals surface area contributed by atoms with E-state index in [4.69, 9.17) is 15.2 Å². The van der Waals surface area contributed by atoms with Crippen LogP contribution in [0.25, 0.3) is 0 Å². The molecule has 0 bridgehead atoms. The minimum absolute atomic E-state index is 0.176. The SMILES string of the molecule is COOC(=O)CC(O)C(CO)CC(C)B(O)O. The van der Waals surface area contributed by atoms with Crippen molar-refractivity contribution in [1.29, 1.82) is 0 Å². The number of hydrogen-bond acceptors (Lipinski definition) is 7. The number of carbonyl (C=O) groups excluding carboxylic acids is 1. The molecule has 0 amide bonds. The quantitative estimate of drug-likeness (QED) is 0.240. The summed E-state index contributed by atoms with van der Waals surface area (Å²) in [7, 11) is -0.361. The lowest BCUT2D eigenvalue weighted by Gasteiger charge is -2.22. The second-order valence-electron chi connectivity index (χ2n) is 3.96. The Morgan fingerprint density at radius 2 is 2.00 bits per heavy atom. The molecule has 3 atom stereocenters. The predicted molar refractivity (Wildman–Crippen MR) is 58.5 cm³/mol. The largest absolute Gasteiger partial charge is 0.454 e. The lowest BCUT2D eigenvalue weighted by Crippen LogP contribution is -2.31. The highest BCUT2D eigenvalue weighted by Crippen LogP contribution is 2.22. The maximum atomic E-state index is 11.0. The molecule has 0 rings (SSSR count). The van der Waals surface area contributed by atoms with E-state index in [2.05, 4.69) is 9.78 Å². The molecule has 0 saturated heterocycles. The molecule has 8 heteroatoms. The highest BCUT2D eigenvalue weighted by Gasteiger charge is 2.28. The summed E-state index contributed by atoms with van der Waals surface area (Å²) in [6, 6.07) is 0. The fourth-order valence-corrected chi connectivity index (χ4v) is 1.42. The van der Waals surface area contributed by atoms with Crippen LogP contribution in [-0.2, 0) is 14.6 Å². The second-order valence-corrected chi connectivity index (χ2v) is 3.96. The first-order valence-electron chi connectivity index (χ1n) is 5.30. The van der Waals surface area contributed by atoms with E-state index < -0.39 is 30.9 Å². The fourth-order valence-electron chi connectivity index (χ4n) is 1.42. The number of aliphatic hydroxyl groups is 2. The third-order valence-electron chi connectivity index (χ3n) is 2.51. The molecule has 0 aliphatic heterocycles. The van der Waals surface area contributed by atoms with E-state index in [9.17, 15) is 9.90 Å². The zero-order chi connectivity index (χ0) is 13.4. The van der Waals surface area contributed by atoms with E-state index in [-0.39, 0.29) is 19.4 Å². The third-order valence-corrected chi connectivity index (χ3v) is 2.51. The van der Waals surface area contributed by atoms with Gasteiger partial charge in [0.25, 0.3) is 0 Å². The molecule has 3 unspecified atom stereocenters. The Balaban J connectivity index is 4.20. The zero-order valence-electron chi connectivity index (χ0n) is 9.94. The second kappa shape index (κ2) is 8.43. The van der Waals surface area contributed by atoms with Crippen LogP contribution in [-0.4, -0.2) is 53.2 Å². The monoisotopic (exact) mass is 250 g/mol. The summed E-state index contributed by atoms with van der Waals surface area (Å²) in [6.07, 6.45) is -1.27. The minimum Gasteiger partial charge on any atom is -0.427 e. The smallest absolute Gasteiger partial charge is 0.427 e. The molecule has 0 spiro atoms.